The number of sulfonamides is 1. The van der Waals surface area contributed by atoms with E-state index in [0.717, 1.165) is 17.8 Å². The molecule has 3 aromatic rings. The lowest BCUT2D eigenvalue weighted by atomic mass is 9.93. The summed E-state index contributed by atoms with van der Waals surface area (Å²) in [6.07, 6.45) is 0. The van der Waals surface area contributed by atoms with Gasteiger partial charge in [-0.1, -0.05) is 32.9 Å². The maximum Gasteiger partial charge on any atom is 0.262 e. The number of halogens is 1. The van der Waals surface area contributed by atoms with Crippen LogP contribution in [0.15, 0.2) is 46.7 Å². The molecule has 0 spiro atoms. The highest BCUT2D eigenvalue weighted by atomic mass is 32.2. The number of benzene rings is 2. The summed E-state index contributed by atoms with van der Waals surface area (Å²) in [5, 5.41) is 4.86. The van der Waals surface area contributed by atoms with Crippen molar-refractivity contribution in [3.8, 4) is 11.5 Å². The summed E-state index contributed by atoms with van der Waals surface area (Å²) in [7, 11) is -1.61. The highest BCUT2D eigenvalue weighted by Crippen LogP contribution is 2.36. The first-order valence-electron chi connectivity index (χ1n) is 9.77. The molecule has 0 saturated carbocycles. The van der Waals surface area contributed by atoms with Gasteiger partial charge in [0.25, 0.3) is 15.9 Å². The minimum Gasteiger partial charge on any atom is -0.493 e. The Kier molecular flexibility index (Phi) is 6.94. The number of rotatable bonds is 7. The van der Waals surface area contributed by atoms with Gasteiger partial charge in [0.05, 0.1) is 36.1 Å². The monoisotopic (exact) mass is 493 g/mol. The first-order valence-corrected chi connectivity index (χ1v) is 12.1. The number of hydrogen-bond donors (Lipinski definition) is 2. The molecule has 0 bridgehead atoms. The molecular formula is C22H24FN3O5S2. The fourth-order valence-corrected chi connectivity index (χ4v) is 4.89. The molecule has 2 N–H and O–H groups in total. The molecule has 3 rings (SSSR count). The van der Waals surface area contributed by atoms with Crippen molar-refractivity contribution in [2.75, 3.05) is 24.3 Å². The Hall–Kier alpha value is -3.18. The van der Waals surface area contributed by atoms with Crippen molar-refractivity contribution in [1.29, 1.82) is 0 Å². The maximum absolute atomic E-state index is 14.0. The van der Waals surface area contributed by atoms with E-state index in [-0.39, 0.29) is 33.1 Å². The lowest BCUT2D eigenvalue weighted by molar-refractivity contribution is 0.102. The van der Waals surface area contributed by atoms with Gasteiger partial charge in [-0.25, -0.2) is 17.8 Å². The van der Waals surface area contributed by atoms with Crippen LogP contribution in [0.25, 0.3) is 0 Å². The molecule has 11 heteroatoms. The third-order valence-electron chi connectivity index (χ3n) is 4.62. The molecule has 0 radical (unpaired) electrons. The second kappa shape index (κ2) is 9.36. The normalized spacial score (nSPS) is 11.7. The Balaban J connectivity index is 2.01. The Morgan fingerprint density at radius 1 is 1.12 bits per heavy atom. The van der Waals surface area contributed by atoms with E-state index in [2.05, 4.69) is 15.0 Å². The van der Waals surface area contributed by atoms with Crippen LogP contribution in [0.2, 0.25) is 0 Å². The van der Waals surface area contributed by atoms with Crippen molar-refractivity contribution >= 4 is 38.1 Å². The Labute approximate surface area is 195 Å². The predicted octanol–water partition coefficient (Wildman–Crippen LogP) is 4.65. The largest absolute Gasteiger partial charge is 0.493 e. The van der Waals surface area contributed by atoms with Gasteiger partial charge in [0.2, 0.25) is 0 Å². The molecule has 1 amide bonds. The number of carbonyl (C=O) groups is 1. The van der Waals surface area contributed by atoms with Gasteiger partial charge in [-0.15, -0.1) is 11.3 Å². The van der Waals surface area contributed by atoms with E-state index >= 15 is 0 Å². The van der Waals surface area contributed by atoms with Gasteiger partial charge in [-0.05, 0) is 18.2 Å². The Morgan fingerprint density at radius 2 is 1.82 bits per heavy atom. The summed E-state index contributed by atoms with van der Waals surface area (Å²) >= 11 is 1.25. The van der Waals surface area contributed by atoms with Crippen LogP contribution < -0.4 is 19.5 Å². The van der Waals surface area contributed by atoms with Crippen molar-refractivity contribution < 1.29 is 27.1 Å². The van der Waals surface area contributed by atoms with Crippen molar-refractivity contribution in [3.05, 3.63) is 58.9 Å². The quantitative estimate of drug-likeness (QED) is 0.496. The van der Waals surface area contributed by atoms with Crippen molar-refractivity contribution in [2.24, 2.45) is 0 Å². The van der Waals surface area contributed by atoms with Gasteiger partial charge in [0.1, 0.15) is 5.82 Å². The third kappa shape index (κ3) is 5.42. The van der Waals surface area contributed by atoms with Crippen LogP contribution in [-0.4, -0.2) is 33.5 Å². The van der Waals surface area contributed by atoms with Gasteiger partial charge in [0, 0.05) is 16.9 Å². The molecule has 0 unspecified atom stereocenters. The smallest absolute Gasteiger partial charge is 0.262 e. The molecule has 0 aliphatic carbocycles. The van der Waals surface area contributed by atoms with E-state index in [4.69, 9.17) is 9.47 Å². The summed E-state index contributed by atoms with van der Waals surface area (Å²) in [5.74, 6) is -1.30. The molecule has 0 aliphatic rings. The molecular weight excluding hydrogens is 469 g/mol. The number of hydrogen-bond acceptors (Lipinski definition) is 7. The molecule has 0 atom stereocenters. The van der Waals surface area contributed by atoms with E-state index < -0.39 is 21.7 Å². The highest BCUT2D eigenvalue weighted by Gasteiger charge is 2.26. The minimum atomic E-state index is -4.26. The van der Waals surface area contributed by atoms with Crippen molar-refractivity contribution in [2.45, 2.75) is 31.1 Å². The first-order chi connectivity index (χ1) is 15.5. The zero-order valence-corrected chi connectivity index (χ0v) is 20.4. The number of para-hydroxylation sites is 1. The summed E-state index contributed by atoms with van der Waals surface area (Å²) in [5.41, 5.74) is 0.291. The molecule has 2 aromatic carbocycles. The maximum atomic E-state index is 14.0. The van der Waals surface area contributed by atoms with Crippen molar-refractivity contribution in [3.63, 3.8) is 0 Å². The number of ether oxygens (including phenoxy) is 2. The standard InChI is InChI=1S/C22H24FN3O5S2/c1-22(2,3)18-12-32-21(24-18)25-20(27)14-10-13(11-17(30-4)19(14)31-5)33(28,29)26-16-9-7-6-8-15(16)23/h6-12,26H,1-5H3,(H,24,25,27). The van der Waals surface area contributed by atoms with Gasteiger partial charge in [-0.3, -0.25) is 14.8 Å². The first kappa shape index (κ1) is 24.5. The van der Waals surface area contributed by atoms with Gasteiger partial charge < -0.3 is 9.47 Å². The number of methoxy groups -OCH3 is 2. The lowest BCUT2D eigenvalue weighted by Crippen LogP contribution is -2.18. The highest BCUT2D eigenvalue weighted by molar-refractivity contribution is 7.92. The molecule has 8 nitrogen and oxygen atoms in total. The molecule has 33 heavy (non-hydrogen) atoms. The molecule has 0 saturated heterocycles. The second-order valence-corrected chi connectivity index (χ2v) is 10.6. The van der Waals surface area contributed by atoms with E-state index in [1.54, 1.807) is 0 Å². The van der Waals surface area contributed by atoms with Gasteiger partial charge in [0.15, 0.2) is 16.6 Å². The number of nitrogens with zero attached hydrogens (tertiary/aromatic N) is 1. The average Bonchev–Trinajstić information content (AvgIpc) is 3.23. The fourth-order valence-electron chi connectivity index (χ4n) is 2.85. The van der Waals surface area contributed by atoms with Crippen LogP contribution in [0.3, 0.4) is 0 Å². The SMILES string of the molecule is COc1cc(S(=O)(=O)Nc2ccccc2F)cc(C(=O)Nc2nc(C(C)(C)C)cs2)c1OC. The minimum absolute atomic E-state index is 0.0218. The van der Waals surface area contributed by atoms with Crippen LogP contribution in [0.5, 0.6) is 11.5 Å². The average molecular weight is 494 g/mol. The van der Waals surface area contributed by atoms with Crippen LogP contribution >= 0.6 is 11.3 Å². The van der Waals surface area contributed by atoms with Crippen molar-refractivity contribution in [1.82, 2.24) is 4.98 Å². The van der Waals surface area contributed by atoms with Gasteiger partial charge in [-0.2, -0.15) is 0 Å². The fraction of sp³-hybridized carbons (Fsp3) is 0.273. The molecule has 0 aliphatic heterocycles. The number of aromatic nitrogens is 1. The second-order valence-electron chi connectivity index (χ2n) is 8.03. The predicted molar refractivity (Wildman–Crippen MR) is 126 cm³/mol. The third-order valence-corrected chi connectivity index (χ3v) is 6.72. The number of amides is 1. The lowest BCUT2D eigenvalue weighted by Gasteiger charge is -2.16. The number of thiazole rings is 1. The van der Waals surface area contributed by atoms with E-state index in [1.807, 2.05) is 26.2 Å². The zero-order valence-electron chi connectivity index (χ0n) is 18.7. The molecule has 1 heterocycles. The topological polar surface area (TPSA) is 107 Å². The number of nitrogens with one attached hydrogen (secondary N) is 2. The summed E-state index contributed by atoms with van der Waals surface area (Å²) in [4.78, 5) is 17.2. The van der Waals surface area contributed by atoms with Gasteiger partial charge >= 0.3 is 0 Å². The summed E-state index contributed by atoms with van der Waals surface area (Å²) in [6, 6.07) is 7.68. The van der Waals surface area contributed by atoms with Crippen LogP contribution in [0, 0.1) is 5.82 Å². The Bertz CT molecular complexity index is 1280. The molecule has 0 fully saturated rings. The zero-order chi connectivity index (χ0) is 24.4. The summed E-state index contributed by atoms with van der Waals surface area (Å²) in [6.45, 7) is 6.00. The number of anilines is 2. The molecule has 1 aromatic heterocycles. The number of carbonyl (C=O) groups excluding carboxylic acids is 1. The van der Waals surface area contributed by atoms with E-state index in [9.17, 15) is 17.6 Å². The van der Waals surface area contributed by atoms with Crippen LogP contribution in [-0.2, 0) is 15.4 Å². The van der Waals surface area contributed by atoms with Crippen LogP contribution in [0.4, 0.5) is 15.2 Å². The van der Waals surface area contributed by atoms with E-state index in [1.165, 1.54) is 49.8 Å². The summed E-state index contributed by atoms with van der Waals surface area (Å²) < 4.78 is 52.6. The molecule has 176 valence electrons. The Morgan fingerprint density at radius 3 is 2.39 bits per heavy atom. The van der Waals surface area contributed by atoms with E-state index in [0.29, 0.717) is 5.13 Å². The van der Waals surface area contributed by atoms with Crippen LogP contribution in [0.1, 0.15) is 36.8 Å².